The zero-order valence-corrected chi connectivity index (χ0v) is 10.8. The summed E-state index contributed by atoms with van der Waals surface area (Å²) in [5.74, 6) is 0. The highest BCUT2D eigenvalue weighted by atomic mass is 32.1. The molecule has 0 unspecified atom stereocenters. The van der Waals surface area contributed by atoms with Gasteiger partial charge in [0.1, 0.15) is 6.29 Å². The van der Waals surface area contributed by atoms with E-state index in [0.717, 1.165) is 17.4 Å². The molecule has 1 heterocycles. The molecule has 0 atom stereocenters. The summed E-state index contributed by atoms with van der Waals surface area (Å²) in [5.41, 5.74) is 2.97. The van der Waals surface area contributed by atoms with Crippen LogP contribution in [-0.4, -0.2) is 6.29 Å². The lowest BCUT2D eigenvalue weighted by Crippen LogP contribution is -1.85. The van der Waals surface area contributed by atoms with Gasteiger partial charge in [-0.25, -0.2) is 0 Å². The van der Waals surface area contributed by atoms with Gasteiger partial charge in [0.15, 0.2) is 0 Å². The van der Waals surface area contributed by atoms with E-state index in [1.165, 1.54) is 20.5 Å². The minimum atomic E-state index is 0.764. The Hall–Kier alpha value is -1.93. The average molecular weight is 252 g/mol. The molecule has 0 amide bonds. The molecule has 0 saturated heterocycles. The van der Waals surface area contributed by atoms with Crippen molar-refractivity contribution < 1.29 is 4.79 Å². The predicted molar refractivity (Wildman–Crippen MR) is 77.4 cm³/mol. The highest BCUT2D eigenvalue weighted by Gasteiger charge is 2.05. The summed E-state index contributed by atoms with van der Waals surface area (Å²) < 4.78 is 1.30. The van der Waals surface area contributed by atoms with Crippen LogP contribution < -0.4 is 0 Å². The van der Waals surface area contributed by atoms with Crippen LogP contribution in [0.25, 0.3) is 20.5 Å². The van der Waals surface area contributed by atoms with Crippen molar-refractivity contribution in [2.24, 2.45) is 0 Å². The molecule has 0 aliphatic carbocycles. The number of rotatable bonds is 2. The van der Waals surface area contributed by atoms with Gasteiger partial charge in [-0.15, -0.1) is 11.3 Å². The third kappa shape index (κ3) is 1.85. The summed E-state index contributed by atoms with van der Waals surface area (Å²) in [6, 6.07) is 16.6. The van der Waals surface area contributed by atoms with Crippen molar-refractivity contribution in [3.63, 3.8) is 0 Å². The van der Waals surface area contributed by atoms with Crippen molar-refractivity contribution >= 4 is 27.7 Å². The Morgan fingerprint density at radius 2 is 1.89 bits per heavy atom. The fourth-order valence-electron chi connectivity index (χ4n) is 2.09. The summed E-state index contributed by atoms with van der Waals surface area (Å²) in [7, 11) is 0. The van der Waals surface area contributed by atoms with Gasteiger partial charge in [-0.2, -0.15) is 0 Å². The van der Waals surface area contributed by atoms with Crippen LogP contribution >= 0.6 is 11.3 Å². The van der Waals surface area contributed by atoms with E-state index in [1.807, 2.05) is 19.1 Å². The molecule has 2 heteroatoms. The number of fused-ring (bicyclic) bond motifs is 1. The van der Waals surface area contributed by atoms with Crippen LogP contribution in [0.2, 0.25) is 0 Å². The number of carbonyl (C=O) groups excluding carboxylic acids is 1. The second-order valence-corrected chi connectivity index (χ2v) is 5.42. The Labute approximate surface area is 110 Å². The van der Waals surface area contributed by atoms with Crippen molar-refractivity contribution in [1.82, 2.24) is 0 Å². The number of hydrogen-bond acceptors (Lipinski definition) is 2. The van der Waals surface area contributed by atoms with Crippen molar-refractivity contribution in [3.8, 4) is 10.4 Å². The zero-order chi connectivity index (χ0) is 12.5. The monoisotopic (exact) mass is 252 g/mol. The Morgan fingerprint density at radius 1 is 1.06 bits per heavy atom. The lowest BCUT2D eigenvalue weighted by atomic mass is 10.0. The largest absolute Gasteiger partial charge is 0.298 e. The van der Waals surface area contributed by atoms with E-state index in [0.29, 0.717) is 0 Å². The molecule has 1 nitrogen and oxygen atoms in total. The van der Waals surface area contributed by atoms with Crippen LogP contribution in [0, 0.1) is 6.92 Å². The van der Waals surface area contributed by atoms with E-state index < -0.39 is 0 Å². The van der Waals surface area contributed by atoms with Crippen LogP contribution in [0.4, 0.5) is 0 Å². The fraction of sp³-hybridized carbons (Fsp3) is 0.0625. The minimum absolute atomic E-state index is 0.764. The van der Waals surface area contributed by atoms with E-state index in [9.17, 15) is 4.79 Å². The quantitative estimate of drug-likeness (QED) is 0.605. The third-order valence-electron chi connectivity index (χ3n) is 3.11. The SMILES string of the molecule is Cc1cc(-c2cc3ccccc3s2)ccc1C=O. The Bertz CT molecular complexity index is 692. The van der Waals surface area contributed by atoms with Gasteiger partial charge in [0.2, 0.25) is 0 Å². The maximum atomic E-state index is 10.8. The summed E-state index contributed by atoms with van der Waals surface area (Å²) in [6.07, 6.45) is 0.907. The molecule has 3 rings (SSSR count). The highest BCUT2D eigenvalue weighted by molar-refractivity contribution is 7.22. The van der Waals surface area contributed by atoms with Crippen molar-refractivity contribution in [2.45, 2.75) is 6.92 Å². The smallest absolute Gasteiger partial charge is 0.150 e. The molecule has 0 saturated carbocycles. The van der Waals surface area contributed by atoms with Gasteiger partial charge in [-0.3, -0.25) is 4.79 Å². The van der Waals surface area contributed by atoms with Crippen molar-refractivity contribution in [1.29, 1.82) is 0 Å². The van der Waals surface area contributed by atoms with Gasteiger partial charge in [-0.05, 0) is 41.6 Å². The number of hydrogen-bond donors (Lipinski definition) is 0. The molecular weight excluding hydrogens is 240 g/mol. The van der Waals surface area contributed by atoms with Gasteiger partial charge in [0.25, 0.3) is 0 Å². The van der Waals surface area contributed by atoms with E-state index in [2.05, 4.69) is 36.4 Å². The van der Waals surface area contributed by atoms with Crippen LogP contribution in [0.15, 0.2) is 48.5 Å². The first kappa shape index (κ1) is 11.2. The first-order chi connectivity index (χ1) is 8.78. The molecule has 0 bridgehead atoms. The maximum absolute atomic E-state index is 10.8. The Morgan fingerprint density at radius 3 is 2.61 bits per heavy atom. The van der Waals surface area contributed by atoms with Crippen LogP contribution in [0.5, 0.6) is 0 Å². The standard InChI is InChI=1S/C16H12OS/c1-11-8-13(6-7-14(11)10-17)16-9-12-4-2-3-5-15(12)18-16/h2-10H,1H3. The van der Waals surface area contributed by atoms with Crippen molar-refractivity contribution in [3.05, 3.63) is 59.7 Å². The van der Waals surface area contributed by atoms with E-state index in [-0.39, 0.29) is 0 Å². The average Bonchev–Trinajstić information content (AvgIpc) is 2.82. The molecule has 2 aromatic carbocycles. The van der Waals surface area contributed by atoms with E-state index >= 15 is 0 Å². The molecule has 0 radical (unpaired) electrons. The molecule has 3 aromatic rings. The third-order valence-corrected chi connectivity index (χ3v) is 4.27. The first-order valence-corrected chi connectivity index (χ1v) is 6.64. The lowest BCUT2D eigenvalue weighted by molar-refractivity contribution is 0.112. The summed E-state index contributed by atoms with van der Waals surface area (Å²) >= 11 is 1.78. The summed E-state index contributed by atoms with van der Waals surface area (Å²) in [6.45, 7) is 1.97. The van der Waals surface area contributed by atoms with E-state index in [4.69, 9.17) is 0 Å². The second kappa shape index (κ2) is 4.39. The van der Waals surface area contributed by atoms with E-state index in [1.54, 1.807) is 11.3 Å². The zero-order valence-electron chi connectivity index (χ0n) is 10.0. The second-order valence-electron chi connectivity index (χ2n) is 4.34. The lowest BCUT2D eigenvalue weighted by Gasteiger charge is -2.01. The van der Waals surface area contributed by atoms with Gasteiger partial charge in [0.05, 0.1) is 0 Å². The number of thiophene rings is 1. The van der Waals surface area contributed by atoms with Crippen molar-refractivity contribution in [2.75, 3.05) is 0 Å². The highest BCUT2D eigenvalue weighted by Crippen LogP contribution is 2.33. The molecule has 18 heavy (non-hydrogen) atoms. The van der Waals surface area contributed by atoms with Gasteiger partial charge in [-0.1, -0.05) is 30.3 Å². The topological polar surface area (TPSA) is 17.1 Å². The number of aryl methyl sites for hydroxylation is 1. The molecule has 0 spiro atoms. The van der Waals surface area contributed by atoms with Crippen LogP contribution in [0.1, 0.15) is 15.9 Å². The number of carbonyl (C=O) groups is 1. The fourth-order valence-corrected chi connectivity index (χ4v) is 3.14. The van der Waals surface area contributed by atoms with Gasteiger partial charge >= 0.3 is 0 Å². The minimum Gasteiger partial charge on any atom is -0.298 e. The van der Waals surface area contributed by atoms with Gasteiger partial charge in [0, 0.05) is 15.1 Å². The first-order valence-electron chi connectivity index (χ1n) is 5.83. The molecule has 0 N–H and O–H groups in total. The summed E-state index contributed by atoms with van der Waals surface area (Å²) in [4.78, 5) is 12.1. The summed E-state index contributed by atoms with van der Waals surface area (Å²) in [5, 5.41) is 1.27. The van der Waals surface area contributed by atoms with Gasteiger partial charge < -0.3 is 0 Å². The number of aldehydes is 1. The molecule has 1 aromatic heterocycles. The molecule has 88 valence electrons. The Kier molecular flexibility index (Phi) is 2.73. The number of benzene rings is 2. The Balaban J connectivity index is 2.14. The van der Waals surface area contributed by atoms with Crippen LogP contribution in [-0.2, 0) is 0 Å². The maximum Gasteiger partial charge on any atom is 0.150 e. The predicted octanol–water partition coefficient (Wildman–Crippen LogP) is 4.69. The van der Waals surface area contributed by atoms with Crippen LogP contribution in [0.3, 0.4) is 0 Å². The molecule has 0 fully saturated rings. The molecule has 0 aliphatic rings. The molecular formula is C16H12OS. The normalized spacial score (nSPS) is 10.7. The molecule has 0 aliphatic heterocycles.